The number of anilines is 2. The van der Waals surface area contributed by atoms with E-state index in [9.17, 15) is 9.59 Å². The largest absolute Gasteiger partial charge is 0.380 e. The van der Waals surface area contributed by atoms with Crippen molar-refractivity contribution in [2.45, 2.75) is 17.7 Å². The molecule has 1 fully saturated rings. The number of ketones is 2. The van der Waals surface area contributed by atoms with Crippen LogP contribution in [0.5, 0.6) is 0 Å². The van der Waals surface area contributed by atoms with E-state index in [-0.39, 0.29) is 17.1 Å². The van der Waals surface area contributed by atoms with Crippen LogP contribution in [0.4, 0.5) is 10.7 Å². The Hall–Kier alpha value is -3.23. The lowest BCUT2D eigenvalue weighted by atomic mass is 10.1. The molecule has 2 aliphatic heterocycles. The maximum absolute atomic E-state index is 13.3. The van der Waals surface area contributed by atoms with Gasteiger partial charge in [-0.3, -0.25) is 9.59 Å². The van der Waals surface area contributed by atoms with E-state index < -0.39 is 10.0 Å². The van der Waals surface area contributed by atoms with Crippen molar-refractivity contribution in [3.63, 3.8) is 0 Å². The summed E-state index contributed by atoms with van der Waals surface area (Å²) in [7, 11) is -1.14. The predicted molar refractivity (Wildman–Crippen MR) is 163 cm³/mol. The van der Waals surface area contributed by atoms with Gasteiger partial charge in [-0.2, -0.15) is 10.0 Å². The Morgan fingerprint density at radius 3 is 2.64 bits per heavy atom. The first-order chi connectivity index (χ1) is 19.1. The van der Waals surface area contributed by atoms with Gasteiger partial charge in [0.15, 0.2) is 11.6 Å². The van der Waals surface area contributed by atoms with Gasteiger partial charge in [-0.05, 0) is 72.1 Å². The Morgan fingerprint density at radius 1 is 0.949 bits per heavy atom. The molecule has 0 N–H and O–H groups in total. The van der Waals surface area contributed by atoms with Gasteiger partial charge in [0.25, 0.3) is 0 Å². The minimum absolute atomic E-state index is 0.170. The highest BCUT2D eigenvalue weighted by Gasteiger charge is 2.42. The number of hydrogen-bond acceptors (Lipinski definition) is 6. The molecule has 194 valence electrons. The first kappa shape index (κ1) is 23.6. The van der Waals surface area contributed by atoms with E-state index in [0.717, 1.165) is 57.5 Å². The summed E-state index contributed by atoms with van der Waals surface area (Å²) in [5, 5.41) is 4.12. The smallest absolute Gasteiger partial charge is 0.197 e. The van der Waals surface area contributed by atoms with Gasteiger partial charge >= 0.3 is 0 Å². The van der Waals surface area contributed by atoms with Crippen molar-refractivity contribution in [2.75, 3.05) is 29.6 Å². The van der Waals surface area contributed by atoms with Gasteiger partial charge in [-0.25, -0.2) is 0 Å². The number of hydrogen-bond donors (Lipinski definition) is 0. The summed E-state index contributed by atoms with van der Waals surface area (Å²) in [6.45, 7) is 1.63. The lowest BCUT2D eigenvalue weighted by Gasteiger charge is -2.52. The van der Waals surface area contributed by atoms with E-state index in [1.165, 1.54) is 21.2 Å². The van der Waals surface area contributed by atoms with Crippen LogP contribution in [-0.4, -0.2) is 36.3 Å². The Balaban J connectivity index is 1.21. The summed E-state index contributed by atoms with van der Waals surface area (Å²) in [4.78, 5) is 32.9. The molecule has 0 atom stereocenters. The van der Waals surface area contributed by atoms with Gasteiger partial charge in [0.1, 0.15) is 5.00 Å². The molecule has 0 saturated carbocycles. The lowest BCUT2D eigenvalue weighted by Crippen LogP contribution is -2.33. The molecule has 0 bridgehead atoms. The van der Waals surface area contributed by atoms with Crippen molar-refractivity contribution in [1.29, 1.82) is 0 Å². The number of carbonyl (C=O) groups excluding carboxylic acids is 2. The lowest BCUT2D eigenvalue weighted by molar-refractivity contribution is 0.0990. The highest BCUT2D eigenvalue weighted by molar-refractivity contribution is 8.37. The molecule has 0 amide bonds. The fraction of sp³-hybridized carbons (Fsp3) is 0.188. The Kier molecular flexibility index (Phi) is 5.39. The van der Waals surface area contributed by atoms with E-state index in [4.69, 9.17) is 4.74 Å². The number of thiophene rings is 2. The molecule has 2 aromatic heterocycles. The number of ether oxygens (including phenoxy) is 1. The SMILES string of the molecule is O=C1/C(=C\c2ccc(N3C4=C(C=CCC4)S4(CCOCC4)c4ccccc43)s2)C(=O)c2cc3sccc3cc21. The predicted octanol–water partition coefficient (Wildman–Crippen LogP) is 8.33. The van der Waals surface area contributed by atoms with E-state index in [1.807, 2.05) is 29.6 Å². The number of rotatable bonds is 2. The number of fused-ring (bicyclic) bond motifs is 5. The Morgan fingerprint density at radius 2 is 1.77 bits per heavy atom. The van der Waals surface area contributed by atoms with Gasteiger partial charge in [-0.1, -0.05) is 24.3 Å². The molecular formula is C32H25NO3S3. The van der Waals surface area contributed by atoms with Gasteiger partial charge in [0, 0.05) is 47.7 Å². The van der Waals surface area contributed by atoms with E-state index >= 15 is 0 Å². The fourth-order valence-corrected chi connectivity index (χ4v) is 12.2. The molecule has 2 aromatic carbocycles. The summed E-state index contributed by atoms with van der Waals surface area (Å²) in [5.41, 5.74) is 3.98. The summed E-state index contributed by atoms with van der Waals surface area (Å²) in [5.74, 6) is 1.81. The standard InChI is InChI=1S/C32H25NO3S3/c34-31-22-17-20-11-14-37-27(20)19-23(22)32(35)24(31)18-21-9-10-30(38-21)33-25-5-1-3-7-28(25)39(15-12-36-13-16-39)29-8-4-2-6-26(29)33/h1,3-5,7-11,14,17-19H,2,6,12-13,15-16H2/b24-18+. The van der Waals surface area contributed by atoms with Crippen LogP contribution in [0.1, 0.15) is 38.4 Å². The molecular weight excluding hydrogens is 543 g/mol. The van der Waals surface area contributed by atoms with Crippen molar-refractivity contribution < 1.29 is 14.3 Å². The van der Waals surface area contributed by atoms with Crippen LogP contribution in [0.15, 0.2) is 93.2 Å². The molecule has 4 aromatic rings. The molecule has 1 saturated heterocycles. The monoisotopic (exact) mass is 567 g/mol. The summed E-state index contributed by atoms with van der Waals surface area (Å²) >= 11 is 3.23. The third-order valence-electron chi connectivity index (χ3n) is 8.16. The Bertz CT molecular complexity index is 1750. The van der Waals surface area contributed by atoms with Gasteiger partial charge < -0.3 is 9.64 Å². The number of carbonyl (C=O) groups is 2. The average Bonchev–Trinajstić information content (AvgIpc) is 3.69. The van der Waals surface area contributed by atoms with Crippen LogP contribution >= 0.6 is 32.7 Å². The van der Waals surface area contributed by atoms with Crippen molar-refractivity contribution in [3.05, 3.63) is 104 Å². The van der Waals surface area contributed by atoms with E-state index in [0.29, 0.717) is 11.1 Å². The zero-order valence-corrected chi connectivity index (χ0v) is 23.6. The zero-order chi connectivity index (χ0) is 26.1. The zero-order valence-electron chi connectivity index (χ0n) is 21.1. The molecule has 1 spiro atoms. The van der Waals surface area contributed by atoms with Gasteiger partial charge in [0.05, 0.1) is 24.5 Å². The number of benzene rings is 2. The fourth-order valence-electron chi connectivity index (χ4n) is 6.33. The summed E-state index contributed by atoms with van der Waals surface area (Å²) < 4.78 is 6.87. The number of nitrogens with zero attached hydrogens (tertiary/aromatic N) is 1. The molecule has 2 aliphatic carbocycles. The van der Waals surface area contributed by atoms with E-state index in [1.54, 1.807) is 28.7 Å². The van der Waals surface area contributed by atoms with Crippen molar-refractivity contribution in [1.82, 2.24) is 0 Å². The third kappa shape index (κ3) is 3.47. The van der Waals surface area contributed by atoms with Crippen LogP contribution in [0.3, 0.4) is 0 Å². The third-order valence-corrected chi connectivity index (χ3v) is 14.2. The number of allylic oxidation sites excluding steroid dienone is 4. The average molecular weight is 568 g/mol. The minimum Gasteiger partial charge on any atom is -0.380 e. The normalized spacial score (nSPS) is 21.5. The first-order valence-electron chi connectivity index (χ1n) is 13.2. The van der Waals surface area contributed by atoms with E-state index in [2.05, 4.69) is 47.4 Å². The van der Waals surface area contributed by atoms with Crippen molar-refractivity contribution in [2.24, 2.45) is 0 Å². The number of Topliss-reactive ketones (excluding diaryl/α,β-unsaturated/α-hetero) is 2. The molecule has 0 radical (unpaired) electrons. The summed E-state index contributed by atoms with van der Waals surface area (Å²) in [6, 6.07) is 18.8. The maximum atomic E-state index is 13.3. The minimum atomic E-state index is -1.14. The molecule has 0 unspecified atom stereocenters. The molecule has 4 aliphatic rings. The maximum Gasteiger partial charge on any atom is 0.197 e. The van der Waals surface area contributed by atoms with Crippen LogP contribution in [0, 0.1) is 0 Å². The number of para-hydroxylation sites is 1. The highest BCUT2D eigenvalue weighted by Crippen LogP contribution is 2.70. The summed E-state index contributed by atoms with van der Waals surface area (Å²) in [6.07, 6.45) is 8.55. The van der Waals surface area contributed by atoms with Crippen molar-refractivity contribution >= 4 is 71.1 Å². The molecule has 4 heterocycles. The quantitative estimate of drug-likeness (QED) is 0.180. The molecule has 39 heavy (non-hydrogen) atoms. The second kappa shape index (κ2) is 8.89. The van der Waals surface area contributed by atoms with Gasteiger partial charge in [-0.15, -0.1) is 22.7 Å². The second-order valence-electron chi connectivity index (χ2n) is 10.2. The highest BCUT2D eigenvalue weighted by atomic mass is 32.3. The molecule has 8 rings (SSSR count). The molecule has 7 heteroatoms. The molecule has 4 nitrogen and oxygen atoms in total. The van der Waals surface area contributed by atoms with Gasteiger partial charge in [0.2, 0.25) is 0 Å². The van der Waals surface area contributed by atoms with Crippen LogP contribution in [-0.2, 0) is 4.74 Å². The van der Waals surface area contributed by atoms with Crippen LogP contribution < -0.4 is 4.90 Å². The Labute approximate surface area is 236 Å². The first-order valence-corrected chi connectivity index (χ1v) is 16.9. The topological polar surface area (TPSA) is 46.6 Å². The van der Waals surface area contributed by atoms with Crippen LogP contribution in [0.2, 0.25) is 0 Å². The van der Waals surface area contributed by atoms with Crippen LogP contribution in [0.25, 0.3) is 16.2 Å². The van der Waals surface area contributed by atoms with Crippen molar-refractivity contribution in [3.8, 4) is 0 Å². The second-order valence-corrected chi connectivity index (χ2v) is 15.7.